The van der Waals surface area contributed by atoms with Crippen molar-refractivity contribution >= 4 is 28.7 Å². The van der Waals surface area contributed by atoms with Gasteiger partial charge in [0.05, 0.1) is 15.6 Å². The van der Waals surface area contributed by atoms with E-state index in [4.69, 9.17) is 5.73 Å². The van der Waals surface area contributed by atoms with Gasteiger partial charge in [-0.3, -0.25) is 10.1 Å². The van der Waals surface area contributed by atoms with Crippen LogP contribution in [0.4, 0.5) is 17.3 Å². The third-order valence-corrected chi connectivity index (χ3v) is 3.20. The van der Waals surface area contributed by atoms with E-state index in [0.29, 0.717) is 13.0 Å². The van der Waals surface area contributed by atoms with Gasteiger partial charge in [-0.1, -0.05) is 0 Å². The van der Waals surface area contributed by atoms with Crippen LogP contribution in [0.5, 0.6) is 0 Å². The molecule has 2 aromatic rings. The summed E-state index contributed by atoms with van der Waals surface area (Å²) < 4.78 is 0. The molecular weight excluding hydrogens is 268 g/mol. The summed E-state index contributed by atoms with van der Waals surface area (Å²) in [4.78, 5) is 22.0. The maximum atomic E-state index is 10.9. The topological polar surface area (TPSA) is 120 Å². The Bertz CT molecular complexity index is 599. The molecule has 0 saturated heterocycles. The summed E-state index contributed by atoms with van der Waals surface area (Å²) in [6, 6.07) is 0. The van der Waals surface area contributed by atoms with E-state index in [1.807, 2.05) is 12.3 Å². The molecule has 0 radical (unpaired) electrons. The molecule has 2 rings (SSSR count). The molecule has 0 aliphatic heterocycles. The largest absolute Gasteiger partial charge is 0.378 e. The molecule has 100 valence electrons. The fourth-order valence-corrected chi connectivity index (χ4v) is 2.18. The predicted molar refractivity (Wildman–Crippen MR) is 72.1 cm³/mol. The van der Waals surface area contributed by atoms with Gasteiger partial charge in [-0.05, 0) is 6.92 Å². The van der Waals surface area contributed by atoms with Crippen molar-refractivity contribution in [1.82, 2.24) is 15.0 Å². The summed E-state index contributed by atoms with van der Waals surface area (Å²) >= 11 is 1.57. The lowest BCUT2D eigenvalue weighted by Crippen LogP contribution is -2.10. The number of anilines is 2. The van der Waals surface area contributed by atoms with Crippen molar-refractivity contribution in [2.75, 3.05) is 17.6 Å². The van der Waals surface area contributed by atoms with Gasteiger partial charge in [0.15, 0.2) is 0 Å². The Hall–Kier alpha value is -2.29. The molecule has 0 aliphatic carbocycles. The molecule has 2 heterocycles. The summed E-state index contributed by atoms with van der Waals surface area (Å²) in [6.45, 7) is 2.41. The van der Waals surface area contributed by atoms with E-state index in [1.165, 1.54) is 6.33 Å². The number of rotatable bonds is 5. The number of aromatic nitrogens is 3. The van der Waals surface area contributed by atoms with Gasteiger partial charge in [0.1, 0.15) is 6.33 Å². The van der Waals surface area contributed by atoms with Crippen molar-refractivity contribution in [3.8, 4) is 0 Å². The maximum Gasteiger partial charge on any atom is 0.352 e. The Kier molecular flexibility index (Phi) is 3.85. The fraction of sp³-hybridized carbons (Fsp3) is 0.300. The Morgan fingerprint density at radius 1 is 1.53 bits per heavy atom. The Labute approximate surface area is 112 Å². The van der Waals surface area contributed by atoms with Crippen LogP contribution < -0.4 is 11.1 Å². The average Bonchev–Trinajstić information content (AvgIpc) is 2.74. The van der Waals surface area contributed by atoms with Crippen molar-refractivity contribution in [3.05, 3.63) is 32.5 Å². The first-order valence-electron chi connectivity index (χ1n) is 5.47. The van der Waals surface area contributed by atoms with Gasteiger partial charge in [0.25, 0.3) is 0 Å². The van der Waals surface area contributed by atoms with Crippen molar-refractivity contribution in [2.45, 2.75) is 13.3 Å². The zero-order valence-electron chi connectivity index (χ0n) is 10.2. The lowest BCUT2D eigenvalue weighted by atomic mass is 10.3. The minimum Gasteiger partial charge on any atom is -0.378 e. The molecule has 0 amide bonds. The maximum absolute atomic E-state index is 10.9. The number of hydrogen-bond acceptors (Lipinski definition) is 8. The molecule has 0 aromatic carbocycles. The monoisotopic (exact) mass is 280 g/mol. The lowest BCUT2D eigenvalue weighted by molar-refractivity contribution is -0.383. The highest BCUT2D eigenvalue weighted by atomic mass is 32.1. The second-order valence-corrected chi connectivity index (χ2v) is 4.81. The molecular formula is C10H12N6O2S. The van der Waals surface area contributed by atoms with Crippen LogP contribution in [0.15, 0.2) is 11.7 Å². The van der Waals surface area contributed by atoms with Crippen LogP contribution in [0.1, 0.15) is 10.7 Å². The fourth-order valence-electron chi connectivity index (χ4n) is 1.53. The normalized spacial score (nSPS) is 10.4. The van der Waals surface area contributed by atoms with Crippen LogP contribution in [0.3, 0.4) is 0 Å². The number of nitrogens with two attached hydrogens (primary N) is 1. The molecule has 0 atom stereocenters. The minimum atomic E-state index is -0.593. The summed E-state index contributed by atoms with van der Waals surface area (Å²) in [5.74, 6) is -0.0172. The van der Waals surface area contributed by atoms with Gasteiger partial charge in [-0.2, -0.15) is 0 Å². The number of nitro groups is 1. The van der Waals surface area contributed by atoms with E-state index in [0.717, 1.165) is 10.7 Å². The highest BCUT2D eigenvalue weighted by Crippen LogP contribution is 2.26. The standard InChI is InChI=1S/C10H12N6O2S/c1-6-15-7(4-19-6)2-3-12-10-8(16(17)18)9(11)13-5-14-10/h4-5H,2-3H2,1H3,(H3,11,12,13,14). The summed E-state index contributed by atoms with van der Waals surface area (Å²) in [6.07, 6.45) is 1.85. The van der Waals surface area contributed by atoms with E-state index in [1.54, 1.807) is 11.3 Å². The SMILES string of the molecule is Cc1nc(CCNc2ncnc(N)c2[N+](=O)[O-])cs1. The van der Waals surface area contributed by atoms with E-state index < -0.39 is 4.92 Å². The van der Waals surface area contributed by atoms with Gasteiger partial charge in [0, 0.05) is 18.3 Å². The highest BCUT2D eigenvalue weighted by molar-refractivity contribution is 7.09. The first-order valence-corrected chi connectivity index (χ1v) is 6.35. The van der Waals surface area contributed by atoms with Gasteiger partial charge < -0.3 is 11.1 Å². The van der Waals surface area contributed by atoms with E-state index >= 15 is 0 Å². The molecule has 0 aliphatic rings. The molecule has 0 bridgehead atoms. The van der Waals surface area contributed by atoms with Crippen LogP contribution in [-0.4, -0.2) is 26.4 Å². The quantitative estimate of drug-likeness (QED) is 0.627. The summed E-state index contributed by atoms with van der Waals surface area (Å²) in [5.41, 5.74) is 6.11. The Morgan fingerprint density at radius 2 is 2.32 bits per heavy atom. The Morgan fingerprint density at radius 3 is 2.95 bits per heavy atom. The molecule has 0 spiro atoms. The van der Waals surface area contributed by atoms with E-state index in [2.05, 4.69) is 20.3 Å². The average molecular weight is 280 g/mol. The molecule has 19 heavy (non-hydrogen) atoms. The number of aryl methyl sites for hydroxylation is 1. The third kappa shape index (κ3) is 3.13. The molecule has 9 heteroatoms. The van der Waals surface area contributed by atoms with Crippen molar-refractivity contribution < 1.29 is 4.92 Å². The molecule has 8 nitrogen and oxygen atoms in total. The first-order chi connectivity index (χ1) is 9.08. The molecule has 2 aromatic heterocycles. The lowest BCUT2D eigenvalue weighted by Gasteiger charge is -2.05. The van der Waals surface area contributed by atoms with Crippen LogP contribution >= 0.6 is 11.3 Å². The number of hydrogen-bond donors (Lipinski definition) is 2. The third-order valence-electron chi connectivity index (χ3n) is 2.37. The first kappa shape index (κ1) is 13.1. The summed E-state index contributed by atoms with van der Waals surface area (Å²) in [5, 5.41) is 16.7. The van der Waals surface area contributed by atoms with Crippen LogP contribution in [0.2, 0.25) is 0 Å². The van der Waals surface area contributed by atoms with Crippen LogP contribution in [-0.2, 0) is 6.42 Å². The molecule has 3 N–H and O–H groups in total. The second-order valence-electron chi connectivity index (χ2n) is 3.75. The van der Waals surface area contributed by atoms with Gasteiger partial charge in [0.2, 0.25) is 11.6 Å². The number of nitrogen functional groups attached to an aromatic ring is 1. The molecule has 0 fully saturated rings. The van der Waals surface area contributed by atoms with Crippen molar-refractivity contribution in [1.29, 1.82) is 0 Å². The number of nitrogens with one attached hydrogen (secondary N) is 1. The predicted octanol–water partition coefficient (Wildman–Crippen LogP) is 1.39. The number of thiazole rings is 1. The van der Waals surface area contributed by atoms with Gasteiger partial charge in [-0.15, -0.1) is 11.3 Å². The van der Waals surface area contributed by atoms with Crippen molar-refractivity contribution in [2.24, 2.45) is 0 Å². The zero-order valence-corrected chi connectivity index (χ0v) is 11.0. The summed E-state index contributed by atoms with van der Waals surface area (Å²) in [7, 11) is 0. The molecule has 0 saturated carbocycles. The smallest absolute Gasteiger partial charge is 0.352 e. The van der Waals surface area contributed by atoms with Crippen LogP contribution in [0.25, 0.3) is 0 Å². The molecule has 0 unspecified atom stereocenters. The Balaban J connectivity index is 2.03. The van der Waals surface area contributed by atoms with Gasteiger partial charge >= 0.3 is 5.69 Å². The highest BCUT2D eigenvalue weighted by Gasteiger charge is 2.20. The van der Waals surface area contributed by atoms with E-state index in [-0.39, 0.29) is 17.3 Å². The second kappa shape index (κ2) is 5.57. The number of nitrogens with zero attached hydrogens (tertiary/aromatic N) is 4. The zero-order chi connectivity index (χ0) is 13.8. The van der Waals surface area contributed by atoms with Gasteiger partial charge in [-0.25, -0.2) is 15.0 Å². The minimum absolute atomic E-state index is 0.129. The van der Waals surface area contributed by atoms with E-state index in [9.17, 15) is 10.1 Å². The van der Waals surface area contributed by atoms with Crippen molar-refractivity contribution in [3.63, 3.8) is 0 Å². The van der Waals surface area contributed by atoms with Crippen LogP contribution in [0, 0.1) is 17.0 Å².